The summed E-state index contributed by atoms with van der Waals surface area (Å²) in [5.41, 5.74) is 7.46. The third kappa shape index (κ3) is 5.95. The van der Waals surface area contributed by atoms with Crippen LogP contribution in [-0.2, 0) is 4.79 Å². The zero-order valence-corrected chi connectivity index (χ0v) is 12.9. The SMILES string of the molecule is CNC(=O)c1cc(C)ccc1NC(=O)CCCCCCN. The number of unbranched alkanes of at least 4 members (excludes halogenated alkanes) is 3. The van der Waals surface area contributed by atoms with E-state index >= 15 is 0 Å². The van der Waals surface area contributed by atoms with Gasteiger partial charge in [-0.05, 0) is 38.4 Å². The average molecular weight is 291 g/mol. The highest BCUT2D eigenvalue weighted by atomic mass is 16.2. The van der Waals surface area contributed by atoms with E-state index in [4.69, 9.17) is 5.73 Å². The van der Waals surface area contributed by atoms with Gasteiger partial charge in [0.2, 0.25) is 5.91 Å². The van der Waals surface area contributed by atoms with Crippen LogP contribution >= 0.6 is 0 Å². The summed E-state index contributed by atoms with van der Waals surface area (Å²) in [5.74, 6) is -0.256. The van der Waals surface area contributed by atoms with Gasteiger partial charge in [-0.25, -0.2) is 0 Å². The number of amides is 2. The van der Waals surface area contributed by atoms with Crippen molar-refractivity contribution in [1.82, 2.24) is 5.32 Å². The number of aryl methyl sites for hydroxylation is 1. The topological polar surface area (TPSA) is 84.2 Å². The first-order valence-corrected chi connectivity index (χ1v) is 7.41. The van der Waals surface area contributed by atoms with Gasteiger partial charge in [0.05, 0.1) is 11.3 Å². The van der Waals surface area contributed by atoms with E-state index < -0.39 is 0 Å². The lowest BCUT2D eigenvalue weighted by Gasteiger charge is -2.11. The number of hydrogen-bond acceptors (Lipinski definition) is 3. The molecular weight excluding hydrogens is 266 g/mol. The second-order valence-electron chi connectivity index (χ2n) is 5.13. The molecule has 116 valence electrons. The van der Waals surface area contributed by atoms with E-state index in [1.807, 2.05) is 13.0 Å². The van der Waals surface area contributed by atoms with Gasteiger partial charge in [0, 0.05) is 13.5 Å². The summed E-state index contributed by atoms with van der Waals surface area (Å²) in [4.78, 5) is 23.8. The number of nitrogens with two attached hydrogens (primary N) is 1. The summed E-state index contributed by atoms with van der Waals surface area (Å²) in [7, 11) is 1.58. The molecule has 0 aliphatic carbocycles. The Kier molecular flexibility index (Phi) is 7.46. The van der Waals surface area contributed by atoms with Crippen LogP contribution in [0.5, 0.6) is 0 Å². The van der Waals surface area contributed by atoms with Crippen molar-refractivity contribution in [1.29, 1.82) is 0 Å². The first kappa shape index (κ1) is 17.2. The molecule has 0 aliphatic rings. The van der Waals surface area contributed by atoms with Gasteiger partial charge in [0.15, 0.2) is 0 Å². The molecule has 5 heteroatoms. The Bertz CT molecular complexity index is 486. The van der Waals surface area contributed by atoms with Crippen molar-refractivity contribution in [2.75, 3.05) is 18.9 Å². The molecule has 0 saturated heterocycles. The van der Waals surface area contributed by atoms with Crippen LogP contribution < -0.4 is 16.4 Å². The first-order chi connectivity index (χ1) is 10.1. The highest BCUT2D eigenvalue weighted by Gasteiger charge is 2.12. The summed E-state index contributed by atoms with van der Waals surface area (Å²) in [6.45, 7) is 2.61. The van der Waals surface area contributed by atoms with Crippen molar-refractivity contribution >= 4 is 17.5 Å². The molecule has 4 N–H and O–H groups in total. The van der Waals surface area contributed by atoms with Crippen LogP contribution in [-0.4, -0.2) is 25.4 Å². The molecule has 1 rings (SSSR count). The summed E-state index contributed by atoms with van der Waals surface area (Å²) >= 11 is 0. The normalized spacial score (nSPS) is 10.2. The molecule has 21 heavy (non-hydrogen) atoms. The lowest BCUT2D eigenvalue weighted by Crippen LogP contribution is -2.21. The lowest BCUT2D eigenvalue weighted by atomic mass is 10.1. The van der Waals surface area contributed by atoms with Crippen molar-refractivity contribution in [3.8, 4) is 0 Å². The van der Waals surface area contributed by atoms with E-state index in [0.29, 0.717) is 24.2 Å². The molecule has 0 aromatic heterocycles. The average Bonchev–Trinajstić information content (AvgIpc) is 2.48. The first-order valence-electron chi connectivity index (χ1n) is 7.41. The van der Waals surface area contributed by atoms with Crippen molar-refractivity contribution in [3.05, 3.63) is 29.3 Å². The maximum Gasteiger partial charge on any atom is 0.253 e. The van der Waals surface area contributed by atoms with Crippen LogP contribution in [0.15, 0.2) is 18.2 Å². The van der Waals surface area contributed by atoms with Gasteiger partial charge in [-0.1, -0.05) is 24.5 Å². The molecule has 1 aromatic rings. The van der Waals surface area contributed by atoms with Gasteiger partial charge in [-0.15, -0.1) is 0 Å². The molecule has 0 fully saturated rings. The smallest absolute Gasteiger partial charge is 0.253 e. The van der Waals surface area contributed by atoms with E-state index in [0.717, 1.165) is 31.2 Å². The number of carbonyl (C=O) groups excluding carboxylic acids is 2. The van der Waals surface area contributed by atoms with E-state index in [9.17, 15) is 9.59 Å². The molecule has 2 amide bonds. The number of anilines is 1. The fraction of sp³-hybridized carbons (Fsp3) is 0.500. The third-order valence-electron chi connectivity index (χ3n) is 3.28. The minimum Gasteiger partial charge on any atom is -0.355 e. The summed E-state index contributed by atoms with van der Waals surface area (Å²) < 4.78 is 0. The van der Waals surface area contributed by atoms with Crippen LogP contribution in [0.4, 0.5) is 5.69 Å². The van der Waals surface area contributed by atoms with Crippen molar-refractivity contribution < 1.29 is 9.59 Å². The van der Waals surface area contributed by atoms with Gasteiger partial charge >= 0.3 is 0 Å². The minimum absolute atomic E-state index is 0.0586. The molecule has 1 aromatic carbocycles. The predicted octanol–water partition coefficient (Wildman–Crippen LogP) is 2.20. The Hall–Kier alpha value is -1.88. The zero-order valence-electron chi connectivity index (χ0n) is 12.9. The number of nitrogens with one attached hydrogen (secondary N) is 2. The molecular formula is C16H25N3O2. The van der Waals surface area contributed by atoms with Gasteiger partial charge < -0.3 is 16.4 Å². The quantitative estimate of drug-likeness (QED) is 0.642. The maximum absolute atomic E-state index is 11.9. The summed E-state index contributed by atoms with van der Waals surface area (Å²) in [5, 5.41) is 5.41. The standard InChI is InChI=1S/C16H25N3O2/c1-12-8-9-14(13(11-12)16(21)18-2)19-15(20)7-5-3-4-6-10-17/h8-9,11H,3-7,10,17H2,1-2H3,(H,18,21)(H,19,20). The largest absolute Gasteiger partial charge is 0.355 e. The van der Waals surface area contributed by atoms with E-state index in [1.54, 1.807) is 19.2 Å². The fourth-order valence-corrected chi connectivity index (χ4v) is 2.09. The maximum atomic E-state index is 11.9. The number of hydrogen-bond donors (Lipinski definition) is 3. The van der Waals surface area contributed by atoms with E-state index in [2.05, 4.69) is 10.6 Å². The van der Waals surface area contributed by atoms with Gasteiger partial charge in [-0.3, -0.25) is 9.59 Å². The van der Waals surface area contributed by atoms with Gasteiger partial charge in [0.1, 0.15) is 0 Å². The Labute approximate surface area is 126 Å². The molecule has 0 heterocycles. The minimum atomic E-state index is -0.197. The summed E-state index contributed by atoms with van der Waals surface area (Å²) in [6, 6.07) is 5.42. The number of rotatable bonds is 8. The van der Waals surface area contributed by atoms with Crippen LogP contribution in [0.25, 0.3) is 0 Å². The zero-order chi connectivity index (χ0) is 15.7. The highest BCUT2D eigenvalue weighted by Crippen LogP contribution is 2.18. The molecule has 5 nitrogen and oxygen atoms in total. The second-order valence-corrected chi connectivity index (χ2v) is 5.13. The van der Waals surface area contributed by atoms with Crippen LogP contribution in [0.2, 0.25) is 0 Å². The molecule has 0 bridgehead atoms. The number of benzene rings is 1. The van der Waals surface area contributed by atoms with E-state index in [1.165, 1.54) is 0 Å². The Morgan fingerprint density at radius 1 is 1.14 bits per heavy atom. The Balaban J connectivity index is 2.57. The monoisotopic (exact) mass is 291 g/mol. The highest BCUT2D eigenvalue weighted by molar-refractivity contribution is 6.03. The van der Waals surface area contributed by atoms with Crippen LogP contribution in [0.3, 0.4) is 0 Å². The summed E-state index contributed by atoms with van der Waals surface area (Å²) in [6.07, 6.45) is 4.36. The Morgan fingerprint density at radius 2 is 1.86 bits per heavy atom. The van der Waals surface area contributed by atoms with Crippen molar-refractivity contribution in [2.45, 2.75) is 39.0 Å². The molecule has 0 saturated carbocycles. The predicted molar refractivity (Wildman–Crippen MR) is 85.3 cm³/mol. The Morgan fingerprint density at radius 3 is 2.52 bits per heavy atom. The van der Waals surface area contributed by atoms with Gasteiger partial charge in [0.25, 0.3) is 5.91 Å². The lowest BCUT2D eigenvalue weighted by molar-refractivity contribution is -0.116. The molecule has 0 radical (unpaired) electrons. The van der Waals surface area contributed by atoms with Crippen LogP contribution in [0, 0.1) is 6.92 Å². The number of carbonyl (C=O) groups is 2. The second kappa shape index (κ2) is 9.13. The van der Waals surface area contributed by atoms with E-state index in [-0.39, 0.29) is 11.8 Å². The molecule has 0 atom stereocenters. The molecule has 0 unspecified atom stereocenters. The van der Waals surface area contributed by atoms with Gasteiger partial charge in [-0.2, -0.15) is 0 Å². The molecule has 0 spiro atoms. The fourth-order valence-electron chi connectivity index (χ4n) is 2.09. The van der Waals surface area contributed by atoms with Crippen LogP contribution in [0.1, 0.15) is 48.0 Å². The van der Waals surface area contributed by atoms with Crippen molar-refractivity contribution in [2.24, 2.45) is 5.73 Å². The molecule has 0 aliphatic heterocycles. The third-order valence-corrected chi connectivity index (χ3v) is 3.28. The van der Waals surface area contributed by atoms with Crippen molar-refractivity contribution in [3.63, 3.8) is 0 Å².